The van der Waals surface area contributed by atoms with Crippen LogP contribution in [-0.2, 0) is 6.42 Å². The summed E-state index contributed by atoms with van der Waals surface area (Å²) in [6.45, 7) is 2.14. The maximum Gasteiger partial charge on any atom is 0.259 e. The Kier molecular flexibility index (Phi) is 3.38. The number of anilines is 1. The molecule has 1 heterocycles. The highest BCUT2D eigenvalue weighted by atomic mass is 16.2. The minimum Gasteiger partial charge on any atom is -0.305 e. The Morgan fingerprint density at radius 2 is 1.70 bits per heavy atom. The third-order valence-corrected chi connectivity index (χ3v) is 4.76. The van der Waals surface area contributed by atoms with E-state index in [-0.39, 0.29) is 11.9 Å². The van der Waals surface area contributed by atoms with Gasteiger partial charge in [-0.05, 0) is 48.2 Å². The van der Waals surface area contributed by atoms with E-state index in [2.05, 4.69) is 37.3 Å². The summed E-state index contributed by atoms with van der Waals surface area (Å²) in [4.78, 5) is 15.3. The van der Waals surface area contributed by atoms with Crippen LogP contribution in [0.2, 0.25) is 0 Å². The van der Waals surface area contributed by atoms with Gasteiger partial charge < -0.3 is 4.90 Å². The van der Waals surface area contributed by atoms with Crippen molar-refractivity contribution < 1.29 is 4.79 Å². The first-order valence-electron chi connectivity index (χ1n) is 8.15. The van der Waals surface area contributed by atoms with Gasteiger partial charge in [-0.25, -0.2) is 0 Å². The third kappa shape index (κ3) is 2.31. The van der Waals surface area contributed by atoms with Crippen LogP contribution < -0.4 is 4.90 Å². The second-order valence-electron chi connectivity index (χ2n) is 6.22. The molecule has 0 saturated heterocycles. The molecule has 1 aliphatic rings. The van der Waals surface area contributed by atoms with Gasteiger partial charge in [0.2, 0.25) is 0 Å². The molecule has 0 N–H and O–H groups in total. The van der Waals surface area contributed by atoms with Crippen molar-refractivity contribution in [3.05, 3.63) is 77.9 Å². The van der Waals surface area contributed by atoms with Crippen LogP contribution in [0.25, 0.3) is 10.8 Å². The highest BCUT2D eigenvalue weighted by Crippen LogP contribution is 2.32. The first-order chi connectivity index (χ1) is 11.3. The Morgan fingerprint density at radius 3 is 2.61 bits per heavy atom. The van der Waals surface area contributed by atoms with Crippen molar-refractivity contribution in [2.75, 3.05) is 4.90 Å². The number of nitrogens with zero attached hydrogens (tertiary/aromatic N) is 1. The molecule has 3 aromatic carbocycles. The van der Waals surface area contributed by atoms with E-state index in [9.17, 15) is 4.79 Å². The van der Waals surface area contributed by atoms with Crippen LogP contribution >= 0.6 is 0 Å². The second kappa shape index (κ2) is 5.54. The molecule has 0 saturated carbocycles. The first-order valence-corrected chi connectivity index (χ1v) is 8.15. The van der Waals surface area contributed by atoms with Gasteiger partial charge >= 0.3 is 0 Å². The molecule has 2 heteroatoms. The average Bonchev–Trinajstić information content (AvgIpc) is 2.60. The Hall–Kier alpha value is -2.61. The summed E-state index contributed by atoms with van der Waals surface area (Å²) in [7, 11) is 0. The lowest BCUT2D eigenvalue weighted by Crippen LogP contribution is -2.42. The van der Waals surface area contributed by atoms with Gasteiger partial charge in [0.15, 0.2) is 0 Å². The molecule has 2 nitrogen and oxygen atoms in total. The van der Waals surface area contributed by atoms with Crippen molar-refractivity contribution in [3.8, 4) is 0 Å². The minimum absolute atomic E-state index is 0.0986. The number of rotatable bonds is 1. The van der Waals surface area contributed by atoms with Gasteiger partial charge in [0.25, 0.3) is 5.91 Å². The van der Waals surface area contributed by atoms with Crippen LogP contribution in [-0.4, -0.2) is 11.9 Å². The van der Waals surface area contributed by atoms with Crippen LogP contribution in [0.5, 0.6) is 0 Å². The van der Waals surface area contributed by atoms with Crippen LogP contribution in [0.15, 0.2) is 66.7 Å². The van der Waals surface area contributed by atoms with Crippen molar-refractivity contribution in [1.82, 2.24) is 0 Å². The Bertz CT molecular complexity index is 878. The van der Waals surface area contributed by atoms with Crippen molar-refractivity contribution in [2.45, 2.75) is 25.8 Å². The molecule has 0 aromatic heterocycles. The molecule has 1 amide bonds. The van der Waals surface area contributed by atoms with Gasteiger partial charge in [-0.3, -0.25) is 4.79 Å². The standard InChI is InChI=1S/C21H19NO/c1-15-13-14-17-8-3-5-12-20(17)22(15)21(23)19-11-6-9-16-7-2-4-10-18(16)19/h2-12,15H,13-14H2,1H3/t15-/m1/s1. The predicted octanol–water partition coefficient (Wildman–Crippen LogP) is 4.82. The number of hydrogen-bond acceptors (Lipinski definition) is 1. The van der Waals surface area contributed by atoms with Crippen molar-refractivity contribution in [1.29, 1.82) is 0 Å². The summed E-state index contributed by atoms with van der Waals surface area (Å²) in [5.41, 5.74) is 3.11. The molecule has 0 fully saturated rings. The van der Waals surface area contributed by atoms with E-state index < -0.39 is 0 Å². The van der Waals surface area contributed by atoms with E-state index in [1.54, 1.807) is 0 Å². The number of carbonyl (C=O) groups excluding carboxylic acids is 1. The van der Waals surface area contributed by atoms with E-state index in [4.69, 9.17) is 0 Å². The van der Waals surface area contributed by atoms with E-state index in [0.717, 1.165) is 34.9 Å². The number of carbonyl (C=O) groups is 1. The SMILES string of the molecule is C[C@@H]1CCc2ccccc2N1C(=O)c1cccc2ccccc12. The van der Waals surface area contributed by atoms with Crippen LogP contribution in [0, 0.1) is 0 Å². The molecule has 4 rings (SSSR count). The Labute approximate surface area is 136 Å². The van der Waals surface area contributed by atoms with E-state index >= 15 is 0 Å². The topological polar surface area (TPSA) is 20.3 Å². The van der Waals surface area contributed by atoms with Gasteiger partial charge in [-0.15, -0.1) is 0 Å². The Balaban J connectivity index is 1.85. The summed E-state index contributed by atoms with van der Waals surface area (Å²) >= 11 is 0. The number of fused-ring (bicyclic) bond motifs is 2. The summed E-state index contributed by atoms with van der Waals surface area (Å²) in [5, 5.41) is 2.13. The molecule has 0 spiro atoms. The van der Waals surface area contributed by atoms with Crippen molar-refractivity contribution in [3.63, 3.8) is 0 Å². The largest absolute Gasteiger partial charge is 0.305 e. The fraction of sp³-hybridized carbons (Fsp3) is 0.190. The number of hydrogen-bond donors (Lipinski definition) is 0. The third-order valence-electron chi connectivity index (χ3n) is 4.76. The molecule has 1 atom stereocenters. The monoisotopic (exact) mass is 301 g/mol. The van der Waals surface area contributed by atoms with Gasteiger partial charge in [0, 0.05) is 17.3 Å². The summed E-state index contributed by atoms with van der Waals surface area (Å²) in [6.07, 6.45) is 2.05. The van der Waals surface area contributed by atoms with Crippen LogP contribution in [0.1, 0.15) is 29.3 Å². The van der Waals surface area contributed by atoms with Crippen molar-refractivity contribution >= 4 is 22.4 Å². The zero-order chi connectivity index (χ0) is 15.8. The van der Waals surface area contributed by atoms with Gasteiger partial charge in [-0.2, -0.15) is 0 Å². The van der Waals surface area contributed by atoms with E-state index in [1.165, 1.54) is 5.56 Å². The highest BCUT2D eigenvalue weighted by molar-refractivity contribution is 6.14. The minimum atomic E-state index is 0.0986. The van der Waals surface area contributed by atoms with E-state index in [0.29, 0.717) is 0 Å². The smallest absolute Gasteiger partial charge is 0.259 e. The molecule has 23 heavy (non-hydrogen) atoms. The molecular formula is C21H19NO. The lowest BCUT2D eigenvalue weighted by molar-refractivity contribution is 0.0977. The summed E-state index contributed by atoms with van der Waals surface area (Å²) in [5.74, 6) is 0.0986. The Morgan fingerprint density at radius 1 is 0.957 bits per heavy atom. The maximum atomic E-state index is 13.3. The van der Waals surface area contributed by atoms with Gasteiger partial charge in [-0.1, -0.05) is 54.6 Å². The molecule has 0 radical (unpaired) electrons. The lowest BCUT2D eigenvalue weighted by atomic mass is 9.95. The maximum absolute atomic E-state index is 13.3. The van der Waals surface area contributed by atoms with Crippen molar-refractivity contribution in [2.24, 2.45) is 0 Å². The normalized spacial score (nSPS) is 17.1. The van der Waals surface area contributed by atoms with E-state index in [1.807, 2.05) is 41.3 Å². The molecule has 0 bridgehead atoms. The highest BCUT2D eigenvalue weighted by Gasteiger charge is 2.29. The summed E-state index contributed by atoms with van der Waals surface area (Å²) < 4.78 is 0. The van der Waals surface area contributed by atoms with Gasteiger partial charge in [0.1, 0.15) is 0 Å². The molecule has 3 aromatic rings. The quantitative estimate of drug-likeness (QED) is 0.631. The number of aryl methyl sites for hydroxylation is 1. The second-order valence-corrected chi connectivity index (χ2v) is 6.22. The number of amides is 1. The molecule has 114 valence electrons. The van der Waals surface area contributed by atoms with Crippen LogP contribution in [0.3, 0.4) is 0 Å². The predicted molar refractivity (Wildman–Crippen MR) is 95.0 cm³/mol. The fourth-order valence-corrected chi connectivity index (χ4v) is 3.54. The molecular weight excluding hydrogens is 282 g/mol. The average molecular weight is 301 g/mol. The molecule has 0 aliphatic carbocycles. The first kappa shape index (κ1) is 14.0. The summed E-state index contributed by atoms with van der Waals surface area (Å²) in [6, 6.07) is 22.5. The zero-order valence-corrected chi connectivity index (χ0v) is 13.2. The lowest BCUT2D eigenvalue weighted by Gasteiger charge is -2.35. The van der Waals surface area contributed by atoms with Crippen LogP contribution in [0.4, 0.5) is 5.69 Å². The molecule has 1 aliphatic heterocycles. The molecule has 0 unspecified atom stereocenters. The number of para-hydroxylation sites is 1. The number of benzene rings is 3. The zero-order valence-electron chi connectivity index (χ0n) is 13.2. The fourth-order valence-electron chi connectivity index (χ4n) is 3.54. The van der Waals surface area contributed by atoms with Gasteiger partial charge in [0.05, 0.1) is 0 Å².